The summed E-state index contributed by atoms with van der Waals surface area (Å²) in [6, 6.07) is 10.9. The number of halogens is 1. The number of hydrogen-bond donors (Lipinski definition) is 1. The summed E-state index contributed by atoms with van der Waals surface area (Å²) in [5.74, 6) is 0.984. The molecular weight excluding hydrogens is 360 g/mol. The Hall–Kier alpha value is -2.34. The van der Waals surface area contributed by atoms with Crippen LogP contribution in [0.5, 0.6) is 11.5 Å². The molecule has 2 aromatic carbocycles. The van der Waals surface area contributed by atoms with Crippen molar-refractivity contribution < 1.29 is 14.3 Å². The molecule has 0 heterocycles. The normalized spacial score (nSPS) is 10.6. The highest BCUT2D eigenvalue weighted by Crippen LogP contribution is 2.31. The summed E-state index contributed by atoms with van der Waals surface area (Å²) in [4.78, 5) is 12.0. The van der Waals surface area contributed by atoms with Crippen LogP contribution in [0.4, 0.5) is 0 Å². The molecule has 2 rings (SSSR count). The maximum atomic E-state index is 12.0. The van der Waals surface area contributed by atoms with Crippen molar-refractivity contribution in [3.05, 3.63) is 57.6 Å². The monoisotopic (exact) mass is 376 g/mol. The second kappa shape index (κ2) is 7.78. The molecule has 0 atom stereocenters. The lowest BCUT2D eigenvalue weighted by atomic mass is 10.1. The van der Waals surface area contributed by atoms with Gasteiger partial charge in [-0.1, -0.05) is 17.7 Å². The van der Waals surface area contributed by atoms with Gasteiger partial charge in [-0.15, -0.1) is 0 Å². The van der Waals surface area contributed by atoms with Crippen molar-refractivity contribution in [1.29, 1.82) is 0 Å². The lowest BCUT2D eigenvalue weighted by Gasteiger charge is -2.09. The van der Waals surface area contributed by atoms with E-state index in [1.807, 2.05) is 19.1 Å². The number of amides is 1. The second-order valence-corrected chi connectivity index (χ2v) is 5.65. The van der Waals surface area contributed by atoms with Gasteiger partial charge in [-0.25, -0.2) is 5.43 Å². The van der Waals surface area contributed by atoms with Crippen LogP contribution in [0, 0.1) is 6.92 Å². The smallest absolute Gasteiger partial charge is 0.271 e. The van der Waals surface area contributed by atoms with Gasteiger partial charge in [0, 0.05) is 17.2 Å². The molecule has 120 valence electrons. The Kier molecular flexibility index (Phi) is 5.76. The highest BCUT2D eigenvalue weighted by Gasteiger charge is 2.08. The molecule has 0 unspecified atom stereocenters. The molecule has 0 saturated heterocycles. The number of aryl methyl sites for hydroxylation is 1. The Balaban J connectivity index is 2.14. The highest BCUT2D eigenvalue weighted by atomic mass is 79.9. The molecule has 0 aliphatic rings. The minimum atomic E-state index is -0.267. The Labute approximate surface area is 143 Å². The Bertz CT molecular complexity index is 745. The van der Waals surface area contributed by atoms with Crippen molar-refractivity contribution in [2.45, 2.75) is 6.92 Å². The molecule has 0 radical (unpaired) electrons. The van der Waals surface area contributed by atoms with Crippen molar-refractivity contribution >= 4 is 28.1 Å². The lowest BCUT2D eigenvalue weighted by Crippen LogP contribution is -2.17. The van der Waals surface area contributed by atoms with E-state index in [1.54, 1.807) is 38.5 Å². The van der Waals surface area contributed by atoms with Crippen molar-refractivity contribution in [1.82, 2.24) is 5.43 Å². The molecule has 0 saturated carbocycles. The molecule has 6 heteroatoms. The summed E-state index contributed by atoms with van der Waals surface area (Å²) in [6.45, 7) is 1.93. The largest absolute Gasteiger partial charge is 0.496 e. The van der Waals surface area contributed by atoms with E-state index in [1.165, 1.54) is 6.21 Å². The topological polar surface area (TPSA) is 59.9 Å². The predicted octanol–water partition coefficient (Wildman–Crippen LogP) is 3.54. The van der Waals surface area contributed by atoms with Crippen molar-refractivity contribution in [3.63, 3.8) is 0 Å². The van der Waals surface area contributed by atoms with Crippen LogP contribution in [0.1, 0.15) is 21.5 Å². The van der Waals surface area contributed by atoms with Crippen molar-refractivity contribution in [2.24, 2.45) is 5.10 Å². The first-order chi connectivity index (χ1) is 11.0. The van der Waals surface area contributed by atoms with Gasteiger partial charge in [0.15, 0.2) is 0 Å². The number of methoxy groups -OCH3 is 2. The van der Waals surface area contributed by atoms with E-state index in [-0.39, 0.29) is 5.91 Å². The summed E-state index contributed by atoms with van der Waals surface area (Å²) in [7, 11) is 3.14. The van der Waals surface area contributed by atoms with Gasteiger partial charge in [-0.3, -0.25) is 4.79 Å². The fourth-order valence-electron chi connectivity index (χ4n) is 2.00. The number of nitrogens with zero attached hydrogens (tertiary/aromatic N) is 1. The summed E-state index contributed by atoms with van der Waals surface area (Å²) in [6.07, 6.45) is 1.52. The average Bonchev–Trinajstić information content (AvgIpc) is 2.55. The zero-order valence-electron chi connectivity index (χ0n) is 13.1. The van der Waals surface area contributed by atoms with Crippen molar-refractivity contribution in [2.75, 3.05) is 14.2 Å². The number of hydrogen-bond acceptors (Lipinski definition) is 4. The quantitative estimate of drug-likeness (QED) is 0.641. The highest BCUT2D eigenvalue weighted by molar-refractivity contribution is 9.10. The van der Waals surface area contributed by atoms with Gasteiger partial charge < -0.3 is 9.47 Å². The van der Waals surface area contributed by atoms with E-state index in [4.69, 9.17) is 9.47 Å². The van der Waals surface area contributed by atoms with Crippen LogP contribution < -0.4 is 14.9 Å². The van der Waals surface area contributed by atoms with Crippen LogP contribution in [-0.4, -0.2) is 26.3 Å². The molecule has 0 aliphatic carbocycles. The zero-order valence-corrected chi connectivity index (χ0v) is 14.7. The van der Waals surface area contributed by atoms with Gasteiger partial charge in [-0.2, -0.15) is 5.10 Å². The Morgan fingerprint density at radius 1 is 1.17 bits per heavy atom. The van der Waals surface area contributed by atoms with Crippen molar-refractivity contribution in [3.8, 4) is 11.5 Å². The number of ether oxygens (including phenoxy) is 2. The maximum absolute atomic E-state index is 12.0. The third-order valence-electron chi connectivity index (χ3n) is 3.15. The SMILES string of the molecule is COc1cc(OC)c(/C=N\NC(=O)c2cccc(C)c2)cc1Br. The zero-order chi connectivity index (χ0) is 16.8. The molecule has 1 amide bonds. The third-order valence-corrected chi connectivity index (χ3v) is 3.77. The summed E-state index contributed by atoms with van der Waals surface area (Å²) in [5, 5.41) is 3.99. The number of carbonyl (C=O) groups is 1. The van der Waals surface area contributed by atoms with Gasteiger partial charge >= 0.3 is 0 Å². The Morgan fingerprint density at radius 3 is 2.57 bits per heavy atom. The van der Waals surface area contributed by atoms with Crippen LogP contribution >= 0.6 is 15.9 Å². The minimum Gasteiger partial charge on any atom is -0.496 e. The summed E-state index contributed by atoms with van der Waals surface area (Å²) >= 11 is 3.41. The number of rotatable bonds is 5. The van der Waals surface area contributed by atoms with Crippen LogP contribution in [0.15, 0.2) is 46.0 Å². The molecule has 0 fully saturated rings. The number of carbonyl (C=O) groups excluding carboxylic acids is 1. The summed E-state index contributed by atoms with van der Waals surface area (Å²) in [5.41, 5.74) is 4.79. The van der Waals surface area contributed by atoms with E-state index in [0.29, 0.717) is 22.6 Å². The molecule has 0 spiro atoms. The van der Waals surface area contributed by atoms with Crippen LogP contribution in [0.2, 0.25) is 0 Å². The fourth-order valence-corrected chi connectivity index (χ4v) is 2.52. The first kappa shape index (κ1) is 17.0. The number of benzene rings is 2. The first-order valence-corrected chi connectivity index (χ1v) is 7.66. The molecule has 0 aromatic heterocycles. The van der Waals surface area contributed by atoms with Gasteiger partial charge in [0.1, 0.15) is 11.5 Å². The molecule has 0 aliphatic heterocycles. The molecule has 2 aromatic rings. The standard InChI is InChI=1S/C17H17BrN2O3/c1-11-5-4-6-12(7-11)17(21)20-19-10-13-8-14(18)16(23-3)9-15(13)22-2/h4-10H,1-3H3,(H,20,21)/b19-10-. The predicted molar refractivity (Wildman–Crippen MR) is 93.5 cm³/mol. The van der Waals surface area contributed by atoms with E-state index < -0.39 is 0 Å². The summed E-state index contributed by atoms with van der Waals surface area (Å²) < 4.78 is 11.3. The first-order valence-electron chi connectivity index (χ1n) is 6.86. The van der Waals surface area contributed by atoms with E-state index >= 15 is 0 Å². The second-order valence-electron chi connectivity index (χ2n) is 4.80. The minimum absolute atomic E-state index is 0.267. The van der Waals surface area contributed by atoms with E-state index in [9.17, 15) is 4.79 Å². The fraction of sp³-hybridized carbons (Fsp3) is 0.176. The van der Waals surface area contributed by atoms with Crippen LogP contribution in [0.25, 0.3) is 0 Å². The molecule has 0 bridgehead atoms. The van der Waals surface area contributed by atoms with E-state index in [2.05, 4.69) is 26.5 Å². The maximum Gasteiger partial charge on any atom is 0.271 e. The lowest BCUT2D eigenvalue weighted by molar-refractivity contribution is 0.0955. The number of nitrogens with one attached hydrogen (secondary N) is 1. The van der Waals surface area contributed by atoms with Gasteiger partial charge in [0.2, 0.25) is 0 Å². The number of hydrazone groups is 1. The van der Waals surface area contributed by atoms with Gasteiger partial charge in [0.25, 0.3) is 5.91 Å². The van der Waals surface area contributed by atoms with Gasteiger partial charge in [-0.05, 0) is 41.1 Å². The van der Waals surface area contributed by atoms with Crippen LogP contribution in [0.3, 0.4) is 0 Å². The third kappa shape index (κ3) is 4.32. The molecule has 1 N–H and O–H groups in total. The molecular formula is C17H17BrN2O3. The van der Waals surface area contributed by atoms with Crippen LogP contribution in [-0.2, 0) is 0 Å². The average molecular weight is 377 g/mol. The molecule has 5 nitrogen and oxygen atoms in total. The Morgan fingerprint density at radius 2 is 1.91 bits per heavy atom. The van der Waals surface area contributed by atoms with Gasteiger partial charge in [0.05, 0.1) is 24.9 Å². The molecule has 23 heavy (non-hydrogen) atoms. The van der Waals surface area contributed by atoms with E-state index in [0.717, 1.165) is 10.0 Å².